The Morgan fingerprint density at radius 3 is 2.22 bits per heavy atom. The van der Waals surface area contributed by atoms with E-state index in [1.165, 1.54) is 0 Å². The van der Waals surface area contributed by atoms with Crippen molar-refractivity contribution in [3.8, 4) is 0 Å². The first-order chi connectivity index (χ1) is 11.0. The summed E-state index contributed by atoms with van der Waals surface area (Å²) in [5.41, 5.74) is 3.13. The van der Waals surface area contributed by atoms with Crippen LogP contribution < -0.4 is 4.90 Å². The number of likely N-dealkylation sites (tertiary alicyclic amines) is 1. The van der Waals surface area contributed by atoms with Crippen LogP contribution in [0.25, 0.3) is 0 Å². The molecule has 0 spiro atoms. The molecule has 120 valence electrons. The summed E-state index contributed by atoms with van der Waals surface area (Å²) in [5.74, 6) is -0.206. The Morgan fingerprint density at radius 2 is 1.65 bits per heavy atom. The van der Waals surface area contributed by atoms with E-state index >= 15 is 0 Å². The largest absolute Gasteiger partial charge is 0.381 e. The highest BCUT2D eigenvalue weighted by Crippen LogP contribution is 2.41. The third-order valence-electron chi connectivity index (χ3n) is 4.56. The molecule has 1 aliphatic heterocycles. The lowest BCUT2D eigenvalue weighted by atomic mass is 9.87. The number of anilines is 1. The van der Waals surface area contributed by atoms with Gasteiger partial charge in [-0.05, 0) is 30.2 Å². The first-order valence-electron chi connectivity index (χ1n) is 7.83. The van der Waals surface area contributed by atoms with Crippen molar-refractivity contribution in [2.24, 2.45) is 0 Å². The van der Waals surface area contributed by atoms with Crippen molar-refractivity contribution < 1.29 is 9.90 Å². The van der Waals surface area contributed by atoms with E-state index in [9.17, 15) is 9.90 Å². The Morgan fingerprint density at radius 1 is 1.04 bits per heavy atom. The molecule has 2 aromatic carbocycles. The normalized spacial score (nSPS) is 21.7. The van der Waals surface area contributed by atoms with E-state index in [0.29, 0.717) is 0 Å². The average Bonchev–Trinajstić information content (AvgIpc) is 2.59. The summed E-state index contributed by atoms with van der Waals surface area (Å²) < 4.78 is 0. The van der Waals surface area contributed by atoms with E-state index in [1.807, 2.05) is 80.5 Å². The number of benzene rings is 2. The molecule has 2 aromatic rings. The van der Waals surface area contributed by atoms with Gasteiger partial charge < -0.3 is 14.9 Å². The number of rotatable bonds is 4. The van der Waals surface area contributed by atoms with Crippen LogP contribution in [0.1, 0.15) is 30.1 Å². The highest BCUT2D eigenvalue weighted by atomic mass is 16.3. The molecule has 1 aliphatic rings. The standard InChI is InChI=1S/C19H22N2O2/c1-13(14-7-5-4-6-8-14)21-17(18(22)19(21)23)15-9-11-16(12-10-15)20(2)3/h4-13,17-18,22H,1-3H3/t13-,17-,18+/m0/s1. The van der Waals surface area contributed by atoms with Crippen molar-refractivity contribution in [2.75, 3.05) is 19.0 Å². The summed E-state index contributed by atoms with van der Waals surface area (Å²) in [7, 11) is 3.97. The van der Waals surface area contributed by atoms with Crippen LogP contribution in [-0.2, 0) is 4.79 Å². The fourth-order valence-electron chi connectivity index (χ4n) is 3.13. The molecule has 3 rings (SSSR count). The van der Waals surface area contributed by atoms with Crippen LogP contribution in [-0.4, -0.2) is 36.1 Å². The van der Waals surface area contributed by atoms with Crippen molar-refractivity contribution in [1.29, 1.82) is 0 Å². The van der Waals surface area contributed by atoms with E-state index in [2.05, 4.69) is 0 Å². The van der Waals surface area contributed by atoms with Crippen LogP contribution >= 0.6 is 0 Å². The van der Waals surface area contributed by atoms with Crippen LogP contribution in [0.4, 0.5) is 5.69 Å². The zero-order chi connectivity index (χ0) is 16.6. The van der Waals surface area contributed by atoms with Crippen LogP contribution in [0.5, 0.6) is 0 Å². The fraction of sp³-hybridized carbons (Fsp3) is 0.316. The van der Waals surface area contributed by atoms with E-state index in [4.69, 9.17) is 0 Å². The molecule has 23 heavy (non-hydrogen) atoms. The Labute approximate surface area is 137 Å². The Balaban J connectivity index is 1.87. The third-order valence-corrected chi connectivity index (χ3v) is 4.56. The van der Waals surface area contributed by atoms with Crippen LogP contribution in [0.3, 0.4) is 0 Å². The molecular formula is C19H22N2O2. The molecule has 0 aliphatic carbocycles. The van der Waals surface area contributed by atoms with Crippen LogP contribution in [0.15, 0.2) is 54.6 Å². The smallest absolute Gasteiger partial charge is 0.255 e. The molecule has 0 saturated carbocycles. The second kappa shape index (κ2) is 6.05. The molecule has 4 heteroatoms. The minimum atomic E-state index is -0.952. The Kier molecular flexibility index (Phi) is 4.09. The molecular weight excluding hydrogens is 288 g/mol. The molecule has 4 nitrogen and oxygen atoms in total. The summed E-state index contributed by atoms with van der Waals surface area (Å²) in [6, 6.07) is 17.6. The van der Waals surface area contributed by atoms with Gasteiger partial charge in [0, 0.05) is 19.8 Å². The van der Waals surface area contributed by atoms with Gasteiger partial charge in [-0.1, -0.05) is 42.5 Å². The van der Waals surface area contributed by atoms with E-state index in [0.717, 1.165) is 16.8 Å². The second-order valence-corrected chi connectivity index (χ2v) is 6.21. The molecule has 1 fully saturated rings. The second-order valence-electron chi connectivity index (χ2n) is 6.21. The van der Waals surface area contributed by atoms with Gasteiger partial charge in [-0.3, -0.25) is 4.79 Å². The quantitative estimate of drug-likeness (QED) is 0.883. The predicted octanol–water partition coefficient (Wildman–Crippen LogP) is 2.76. The number of carbonyl (C=O) groups excluding carboxylic acids is 1. The number of nitrogens with zero attached hydrogens (tertiary/aromatic N) is 2. The molecule has 1 heterocycles. The monoisotopic (exact) mass is 310 g/mol. The minimum absolute atomic E-state index is 0.0642. The van der Waals surface area contributed by atoms with E-state index in [-0.39, 0.29) is 18.0 Å². The lowest BCUT2D eigenvalue weighted by molar-refractivity contribution is -0.172. The van der Waals surface area contributed by atoms with Crippen molar-refractivity contribution in [3.63, 3.8) is 0 Å². The Bertz CT molecular complexity index is 682. The summed E-state index contributed by atoms with van der Waals surface area (Å²) in [5, 5.41) is 10.2. The van der Waals surface area contributed by atoms with Crippen molar-refractivity contribution in [3.05, 3.63) is 65.7 Å². The van der Waals surface area contributed by atoms with Crippen molar-refractivity contribution >= 4 is 11.6 Å². The number of aliphatic hydroxyl groups excluding tert-OH is 1. The Hall–Kier alpha value is -2.33. The van der Waals surface area contributed by atoms with Gasteiger partial charge in [0.05, 0.1) is 12.1 Å². The summed E-state index contributed by atoms with van der Waals surface area (Å²) in [6.45, 7) is 2.00. The van der Waals surface area contributed by atoms with Gasteiger partial charge >= 0.3 is 0 Å². The molecule has 1 amide bonds. The van der Waals surface area contributed by atoms with Crippen LogP contribution in [0, 0.1) is 0 Å². The number of β-lactam (4-membered cyclic amide) rings is 1. The molecule has 0 unspecified atom stereocenters. The van der Waals surface area contributed by atoms with Crippen molar-refractivity contribution in [1.82, 2.24) is 4.90 Å². The van der Waals surface area contributed by atoms with Gasteiger partial charge in [0.25, 0.3) is 5.91 Å². The average molecular weight is 310 g/mol. The lowest BCUT2D eigenvalue weighted by Gasteiger charge is -2.48. The summed E-state index contributed by atoms with van der Waals surface area (Å²) in [6.07, 6.45) is -0.952. The first kappa shape index (κ1) is 15.6. The van der Waals surface area contributed by atoms with Crippen molar-refractivity contribution in [2.45, 2.75) is 25.1 Å². The van der Waals surface area contributed by atoms with E-state index < -0.39 is 6.10 Å². The number of amides is 1. The lowest BCUT2D eigenvalue weighted by Crippen LogP contribution is -2.59. The number of aliphatic hydroxyl groups is 1. The number of hydrogen-bond acceptors (Lipinski definition) is 3. The van der Waals surface area contributed by atoms with Gasteiger partial charge in [0.15, 0.2) is 6.10 Å². The zero-order valence-corrected chi connectivity index (χ0v) is 13.7. The van der Waals surface area contributed by atoms with Gasteiger partial charge in [-0.15, -0.1) is 0 Å². The predicted molar refractivity (Wildman–Crippen MR) is 91.2 cm³/mol. The van der Waals surface area contributed by atoms with Gasteiger partial charge in [0.1, 0.15) is 0 Å². The maximum Gasteiger partial charge on any atom is 0.255 e. The van der Waals surface area contributed by atoms with Gasteiger partial charge in [-0.25, -0.2) is 0 Å². The van der Waals surface area contributed by atoms with Gasteiger partial charge in [0.2, 0.25) is 0 Å². The van der Waals surface area contributed by atoms with Crippen LogP contribution in [0.2, 0.25) is 0 Å². The number of hydrogen-bond donors (Lipinski definition) is 1. The highest BCUT2D eigenvalue weighted by Gasteiger charge is 2.49. The summed E-state index contributed by atoms with van der Waals surface area (Å²) in [4.78, 5) is 16.0. The molecule has 1 saturated heterocycles. The molecule has 3 atom stereocenters. The molecule has 0 bridgehead atoms. The van der Waals surface area contributed by atoms with Gasteiger partial charge in [-0.2, -0.15) is 0 Å². The fourth-order valence-corrected chi connectivity index (χ4v) is 3.13. The maximum atomic E-state index is 12.2. The molecule has 0 aromatic heterocycles. The topological polar surface area (TPSA) is 43.8 Å². The summed E-state index contributed by atoms with van der Waals surface area (Å²) >= 11 is 0. The zero-order valence-electron chi connectivity index (χ0n) is 13.7. The third kappa shape index (κ3) is 2.70. The highest BCUT2D eigenvalue weighted by molar-refractivity contribution is 5.89. The SMILES string of the molecule is C[C@@H](c1ccccc1)N1C(=O)[C@H](O)[C@@H]1c1ccc(N(C)C)cc1. The van der Waals surface area contributed by atoms with E-state index in [1.54, 1.807) is 4.90 Å². The minimum Gasteiger partial charge on any atom is -0.381 e. The number of carbonyl (C=O) groups is 1. The first-order valence-corrected chi connectivity index (χ1v) is 7.83. The molecule has 1 N–H and O–H groups in total. The maximum absolute atomic E-state index is 12.2. The molecule has 0 radical (unpaired) electrons.